The van der Waals surface area contributed by atoms with Crippen LogP contribution in [0.2, 0.25) is 0 Å². The second kappa shape index (κ2) is 6.92. The van der Waals surface area contributed by atoms with Crippen molar-refractivity contribution in [3.63, 3.8) is 0 Å². The molecule has 0 radical (unpaired) electrons. The number of aromatic nitrogens is 2. The van der Waals surface area contributed by atoms with Gasteiger partial charge < -0.3 is 10.5 Å². The molecule has 1 aromatic heterocycles. The van der Waals surface area contributed by atoms with E-state index in [4.69, 9.17) is 10.5 Å². The molecule has 130 valence electrons. The van der Waals surface area contributed by atoms with E-state index in [-0.39, 0.29) is 16.9 Å². The number of methoxy groups -OCH3 is 1. The van der Waals surface area contributed by atoms with Gasteiger partial charge in [-0.2, -0.15) is 5.10 Å². The molecule has 8 heteroatoms. The zero-order valence-corrected chi connectivity index (χ0v) is 14.4. The summed E-state index contributed by atoms with van der Waals surface area (Å²) in [5, 5.41) is 4.17. The topological polar surface area (TPSA) is 99.2 Å². The summed E-state index contributed by atoms with van der Waals surface area (Å²) in [6.45, 7) is 0.494. The molecule has 1 aliphatic rings. The Bertz CT molecular complexity index is 803. The summed E-state index contributed by atoms with van der Waals surface area (Å²) in [5.41, 5.74) is 6.41. The van der Waals surface area contributed by atoms with E-state index in [2.05, 4.69) is 9.82 Å². The monoisotopic (exact) mass is 350 g/mol. The Balaban J connectivity index is 1.84. The van der Waals surface area contributed by atoms with Crippen molar-refractivity contribution in [2.75, 3.05) is 13.7 Å². The predicted octanol–water partition coefficient (Wildman–Crippen LogP) is 1.29. The summed E-state index contributed by atoms with van der Waals surface area (Å²) in [6, 6.07) is 7.20. The van der Waals surface area contributed by atoms with Crippen LogP contribution >= 0.6 is 0 Å². The maximum absolute atomic E-state index is 12.6. The SMILES string of the molecule is COc1ccccc1-n1cc(S(=O)(=O)N[C@@H]2CCC[C@H]2CN)cn1. The third-order valence-corrected chi connectivity index (χ3v) is 5.91. The Morgan fingerprint density at radius 3 is 2.92 bits per heavy atom. The highest BCUT2D eigenvalue weighted by Crippen LogP contribution is 2.27. The maximum atomic E-state index is 12.6. The van der Waals surface area contributed by atoms with Crippen LogP contribution in [0.5, 0.6) is 5.75 Å². The molecule has 24 heavy (non-hydrogen) atoms. The summed E-state index contributed by atoms with van der Waals surface area (Å²) in [7, 11) is -2.06. The van der Waals surface area contributed by atoms with Gasteiger partial charge in [0.1, 0.15) is 16.3 Å². The third-order valence-electron chi connectivity index (χ3n) is 4.47. The lowest BCUT2D eigenvalue weighted by atomic mass is 10.1. The number of ether oxygens (including phenoxy) is 1. The molecule has 1 fully saturated rings. The quantitative estimate of drug-likeness (QED) is 0.818. The van der Waals surface area contributed by atoms with E-state index >= 15 is 0 Å². The second-order valence-electron chi connectivity index (χ2n) is 5.95. The number of para-hydroxylation sites is 2. The number of sulfonamides is 1. The van der Waals surface area contributed by atoms with Crippen molar-refractivity contribution >= 4 is 10.0 Å². The minimum absolute atomic E-state index is 0.102. The second-order valence-corrected chi connectivity index (χ2v) is 7.66. The van der Waals surface area contributed by atoms with Crippen LogP contribution in [0, 0.1) is 5.92 Å². The Morgan fingerprint density at radius 1 is 1.38 bits per heavy atom. The largest absolute Gasteiger partial charge is 0.494 e. The highest BCUT2D eigenvalue weighted by molar-refractivity contribution is 7.89. The number of rotatable bonds is 6. The molecule has 0 saturated heterocycles. The van der Waals surface area contributed by atoms with Crippen molar-refractivity contribution in [2.45, 2.75) is 30.2 Å². The Hall–Kier alpha value is -1.90. The van der Waals surface area contributed by atoms with Crippen molar-refractivity contribution in [1.82, 2.24) is 14.5 Å². The van der Waals surface area contributed by atoms with Gasteiger partial charge in [0, 0.05) is 6.04 Å². The van der Waals surface area contributed by atoms with Crippen LogP contribution in [0.25, 0.3) is 5.69 Å². The molecule has 0 unspecified atom stereocenters. The molecule has 1 aliphatic carbocycles. The molecular formula is C16H22N4O3S. The smallest absolute Gasteiger partial charge is 0.243 e. The number of hydrogen-bond donors (Lipinski definition) is 2. The summed E-state index contributed by atoms with van der Waals surface area (Å²) in [6.07, 6.45) is 5.62. The van der Waals surface area contributed by atoms with E-state index in [0.29, 0.717) is 18.0 Å². The maximum Gasteiger partial charge on any atom is 0.243 e. The van der Waals surface area contributed by atoms with E-state index in [9.17, 15) is 8.42 Å². The lowest BCUT2D eigenvalue weighted by Crippen LogP contribution is -2.39. The molecule has 3 N–H and O–H groups in total. The van der Waals surface area contributed by atoms with Crippen LogP contribution in [0.15, 0.2) is 41.6 Å². The van der Waals surface area contributed by atoms with Crippen LogP contribution in [-0.2, 0) is 10.0 Å². The van der Waals surface area contributed by atoms with Crippen LogP contribution in [0.1, 0.15) is 19.3 Å². The number of nitrogens with zero attached hydrogens (tertiary/aromatic N) is 2. The predicted molar refractivity (Wildman–Crippen MR) is 90.6 cm³/mol. The van der Waals surface area contributed by atoms with Crippen molar-refractivity contribution in [1.29, 1.82) is 0 Å². The van der Waals surface area contributed by atoms with Gasteiger partial charge >= 0.3 is 0 Å². The summed E-state index contributed by atoms with van der Waals surface area (Å²) in [4.78, 5) is 0.135. The van der Waals surface area contributed by atoms with Crippen LogP contribution in [0.3, 0.4) is 0 Å². The fraction of sp³-hybridized carbons (Fsp3) is 0.438. The van der Waals surface area contributed by atoms with Crippen molar-refractivity contribution in [2.24, 2.45) is 11.7 Å². The van der Waals surface area contributed by atoms with Crippen molar-refractivity contribution in [3.8, 4) is 11.4 Å². The van der Waals surface area contributed by atoms with E-state index in [1.165, 1.54) is 17.1 Å². The first kappa shape index (κ1) is 16.9. The number of nitrogens with one attached hydrogen (secondary N) is 1. The first-order chi connectivity index (χ1) is 11.5. The van der Waals surface area contributed by atoms with Gasteiger partial charge in [-0.3, -0.25) is 0 Å². The Labute approximate surface area is 141 Å². The fourth-order valence-electron chi connectivity index (χ4n) is 3.14. The van der Waals surface area contributed by atoms with Crippen LogP contribution in [0.4, 0.5) is 0 Å². The lowest BCUT2D eigenvalue weighted by molar-refractivity contribution is 0.411. The minimum Gasteiger partial charge on any atom is -0.494 e. The highest BCUT2D eigenvalue weighted by atomic mass is 32.2. The summed E-state index contributed by atoms with van der Waals surface area (Å²) in [5.74, 6) is 0.820. The molecule has 0 spiro atoms. The molecular weight excluding hydrogens is 328 g/mol. The molecule has 1 aromatic carbocycles. The number of hydrogen-bond acceptors (Lipinski definition) is 5. The molecule has 1 heterocycles. The summed E-state index contributed by atoms with van der Waals surface area (Å²) >= 11 is 0. The molecule has 1 saturated carbocycles. The van der Waals surface area contributed by atoms with Crippen LogP contribution in [-0.4, -0.2) is 37.9 Å². The van der Waals surface area contributed by atoms with Gasteiger partial charge in [0.05, 0.1) is 19.5 Å². The molecule has 0 bridgehead atoms. The first-order valence-corrected chi connectivity index (χ1v) is 9.44. The van der Waals surface area contributed by atoms with E-state index < -0.39 is 10.0 Å². The van der Waals surface area contributed by atoms with Gasteiger partial charge in [-0.1, -0.05) is 18.6 Å². The standard InChI is InChI=1S/C16H22N4O3S/c1-23-16-8-3-2-7-15(16)20-11-13(10-18-20)24(21,22)19-14-6-4-5-12(14)9-17/h2-3,7-8,10-12,14,19H,4-6,9,17H2,1H3/t12-,14+/m0/s1. The molecule has 2 aromatic rings. The Kier molecular flexibility index (Phi) is 4.88. The van der Waals surface area contributed by atoms with E-state index in [0.717, 1.165) is 19.3 Å². The van der Waals surface area contributed by atoms with Gasteiger partial charge in [0.2, 0.25) is 10.0 Å². The zero-order chi connectivity index (χ0) is 17.2. The molecule has 7 nitrogen and oxygen atoms in total. The van der Waals surface area contributed by atoms with Gasteiger partial charge in [0.15, 0.2) is 0 Å². The van der Waals surface area contributed by atoms with Crippen molar-refractivity contribution in [3.05, 3.63) is 36.7 Å². The van der Waals surface area contributed by atoms with Gasteiger partial charge in [-0.05, 0) is 37.4 Å². The van der Waals surface area contributed by atoms with Crippen molar-refractivity contribution < 1.29 is 13.2 Å². The normalized spacial score (nSPS) is 21.1. The summed E-state index contributed by atoms with van der Waals surface area (Å²) < 4.78 is 34.8. The number of benzene rings is 1. The average Bonchev–Trinajstić information content (AvgIpc) is 3.23. The van der Waals surface area contributed by atoms with Gasteiger partial charge in [0.25, 0.3) is 0 Å². The fourth-order valence-corrected chi connectivity index (χ4v) is 4.41. The third kappa shape index (κ3) is 3.31. The average molecular weight is 350 g/mol. The Morgan fingerprint density at radius 2 is 2.17 bits per heavy atom. The molecule has 3 rings (SSSR count). The van der Waals surface area contributed by atoms with E-state index in [1.54, 1.807) is 13.2 Å². The van der Waals surface area contributed by atoms with E-state index in [1.807, 2.05) is 18.2 Å². The molecule has 0 aliphatic heterocycles. The number of nitrogens with two attached hydrogens (primary N) is 1. The zero-order valence-electron chi connectivity index (χ0n) is 13.6. The lowest BCUT2D eigenvalue weighted by Gasteiger charge is -2.18. The van der Waals surface area contributed by atoms with Crippen LogP contribution < -0.4 is 15.2 Å². The molecule has 0 amide bonds. The molecule has 2 atom stereocenters. The first-order valence-electron chi connectivity index (χ1n) is 7.95. The minimum atomic E-state index is -3.62. The highest BCUT2D eigenvalue weighted by Gasteiger charge is 2.31. The van der Waals surface area contributed by atoms with Gasteiger partial charge in [-0.15, -0.1) is 0 Å². The van der Waals surface area contributed by atoms with Gasteiger partial charge in [-0.25, -0.2) is 17.8 Å².